The predicted molar refractivity (Wildman–Crippen MR) is 125 cm³/mol. The molecule has 0 saturated carbocycles. The van der Waals surface area contributed by atoms with E-state index in [1.807, 2.05) is 4.72 Å². The van der Waals surface area contributed by atoms with Crippen LogP contribution in [0.2, 0.25) is 0 Å². The molecule has 2 N–H and O–H groups in total. The third-order valence-corrected chi connectivity index (χ3v) is 6.24. The van der Waals surface area contributed by atoms with Gasteiger partial charge in [-0.1, -0.05) is 13.8 Å². The van der Waals surface area contributed by atoms with Gasteiger partial charge in [0.2, 0.25) is 5.91 Å². The fourth-order valence-electron chi connectivity index (χ4n) is 3.07. The lowest BCUT2D eigenvalue weighted by Crippen LogP contribution is -2.31. The van der Waals surface area contributed by atoms with E-state index in [0.29, 0.717) is 12.1 Å². The molecular formula is C23H26F4N2O7S. The van der Waals surface area contributed by atoms with E-state index in [0.717, 1.165) is 12.1 Å². The molecule has 37 heavy (non-hydrogen) atoms. The maximum absolute atomic E-state index is 13.7. The van der Waals surface area contributed by atoms with Gasteiger partial charge < -0.3 is 19.5 Å². The van der Waals surface area contributed by atoms with Crippen molar-refractivity contribution in [2.24, 2.45) is 11.8 Å². The Morgan fingerprint density at radius 2 is 1.65 bits per heavy atom. The number of nitrogens with one attached hydrogen (secondary N) is 2. The van der Waals surface area contributed by atoms with Crippen molar-refractivity contribution >= 4 is 33.3 Å². The van der Waals surface area contributed by atoms with Crippen LogP contribution < -0.4 is 19.5 Å². The minimum atomic E-state index is -5.19. The lowest BCUT2D eigenvalue weighted by atomic mass is 9.95. The molecule has 0 bridgehead atoms. The van der Waals surface area contributed by atoms with Gasteiger partial charge in [-0.25, -0.2) is 12.8 Å². The monoisotopic (exact) mass is 550 g/mol. The highest BCUT2D eigenvalue weighted by Gasteiger charge is 2.33. The summed E-state index contributed by atoms with van der Waals surface area (Å²) in [5.41, 5.74) is -0.214. The number of halogens is 4. The van der Waals surface area contributed by atoms with Crippen LogP contribution in [0.15, 0.2) is 41.3 Å². The summed E-state index contributed by atoms with van der Waals surface area (Å²) in [5.74, 6) is -4.61. The van der Waals surface area contributed by atoms with Gasteiger partial charge in [0.1, 0.15) is 17.3 Å². The van der Waals surface area contributed by atoms with Crippen molar-refractivity contribution in [1.82, 2.24) is 0 Å². The Labute approximate surface area is 211 Å². The van der Waals surface area contributed by atoms with E-state index >= 15 is 0 Å². The maximum atomic E-state index is 13.7. The molecule has 0 saturated heterocycles. The molecule has 0 fully saturated rings. The molecule has 1 unspecified atom stereocenters. The highest BCUT2D eigenvalue weighted by atomic mass is 32.2. The highest BCUT2D eigenvalue weighted by Crippen LogP contribution is 2.32. The first-order valence-corrected chi connectivity index (χ1v) is 12.4. The van der Waals surface area contributed by atoms with Crippen LogP contribution in [-0.2, 0) is 24.3 Å². The third kappa shape index (κ3) is 8.81. The average molecular weight is 551 g/mol. The van der Waals surface area contributed by atoms with E-state index in [2.05, 4.69) is 10.1 Å². The van der Waals surface area contributed by atoms with E-state index < -0.39 is 56.3 Å². The van der Waals surface area contributed by atoms with Crippen LogP contribution >= 0.6 is 0 Å². The maximum Gasteiger partial charge on any atom is 0.573 e. The minimum Gasteiger partial charge on any atom is -0.492 e. The number of esters is 1. The van der Waals surface area contributed by atoms with Crippen LogP contribution in [0.3, 0.4) is 0 Å². The number of hydrogen-bond acceptors (Lipinski definition) is 7. The second-order valence-corrected chi connectivity index (χ2v) is 9.69. The third-order valence-electron chi connectivity index (χ3n) is 4.82. The number of rotatable bonds is 11. The summed E-state index contributed by atoms with van der Waals surface area (Å²) in [5, 5.41) is 2.62. The molecule has 0 heterocycles. The molecule has 0 aromatic heterocycles. The van der Waals surface area contributed by atoms with E-state index in [9.17, 15) is 35.6 Å². The summed E-state index contributed by atoms with van der Waals surface area (Å²) >= 11 is 0. The predicted octanol–water partition coefficient (Wildman–Crippen LogP) is 4.70. The van der Waals surface area contributed by atoms with Gasteiger partial charge in [-0.15, -0.1) is 13.2 Å². The van der Waals surface area contributed by atoms with Crippen molar-refractivity contribution < 1.29 is 49.8 Å². The Morgan fingerprint density at radius 3 is 2.22 bits per heavy atom. The normalized spacial score (nSPS) is 12.6. The molecule has 0 aliphatic rings. The SMILES string of the molecule is CCOc1cc(NC(=O)C(COC(C)=O)C(C)C)ccc1S(=O)(=O)Nc1ccc(F)c(OC(F)(F)F)c1. The van der Waals surface area contributed by atoms with Gasteiger partial charge in [0, 0.05) is 24.7 Å². The Hall–Kier alpha value is -3.55. The van der Waals surface area contributed by atoms with E-state index in [1.54, 1.807) is 20.8 Å². The first-order valence-electron chi connectivity index (χ1n) is 10.9. The number of sulfonamides is 1. The highest BCUT2D eigenvalue weighted by molar-refractivity contribution is 7.92. The van der Waals surface area contributed by atoms with E-state index in [-0.39, 0.29) is 30.6 Å². The van der Waals surface area contributed by atoms with Crippen LogP contribution in [0.1, 0.15) is 27.7 Å². The van der Waals surface area contributed by atoms with Gasteiger partial charge in [-0.3, -0.25) is 14.3 Å². The van der Waals surface area contributed by atoms with Gasteiger partial charge in [0.15, 0.2) is 11.6 Å². The van der Waals surface area contributed by atoms with Crippen LogP contribution in [0, 0.1) is 17.7 Å². The Morgan fingerprint density at radius 1 is 1.03 bits per heavy atom. The molecule has 9 nitrogen and oxygen atoms in total. The standard InChI is InChI=1S/C23H26F4N2O7S/c1-5-34-20-10-15(28-22(31)17(13(2)3)12-35-14(4)30)7-9-21(20)37(32,33)29-16-6-8-18(24)19(11-16)36-23(25,26)27/h6-11,13,17,29H,5,12H2,1-4H3,(H,28,31). The molecule has 2 aromatic rings. The van der Waals surface area contributed by atoms with Crippen molar-refractivity contribution in [3.05, 3.63) is 42.2 Å². The van der Waals surface area contributed by atoms with E-state index in [4.69, 9.17) is 9.47 Å². The lowest BCUT2D eigenvalue weighted by molar-refractivity contribution is -0.275. The van der Waals surface area contributed by atoms with Crippen molar-refractivity contribution in [3.8, 4) is 11.5 Å². The van der Waals surface area contributed by atoms with Crippen LogP contribution in [-0.4, -0.2) is 39.9 Å². The molecule has 204 valence electrons. The molecule has 1 amide bonds. The van der Waals surface area contributed by atoms with E-state index in [1.165, 1.54) is 19.1 Å². The zero-order chi connectivity index (χ0) is 28.0. The first-order chi connectivity index (χ1) is 17.1. The number of ether oxygens (including phenoxy) is 3. The second-order valence-electron chi connectivity index (χ2n) is 8.04. The number of anilines is 2. The fourth-order valence-corrected chi connectivity index (χ4v) is 4.25. The zero-order valence-corrected chi connectivity index (χ0v) is 21.1. The topological polar surface area (TPSA) is 120 Å². The van der Waals surface area contributed by atoms with Gasteiger partial charge in [0.25, 0.3) is 10.0 Å². The van der Waals surface area contributed by atoms with Crippen molar-refractivity contribution in [3.63, 3.8) is 0 Å². The number of benzene rings is 2. The molecule has 0 aliphatic heterocycles. The number of carbonyl (C=O) groups excluding carboxylic acids is 2. The Bertz CT molecular complexity index is 1230. The average Bonchev–Trinajstić information content (AvgIpc) is 2.75. The Balaban J connectivity index is 2.32. The van der Waals surface area contributed by atoms with Crippen LogP contribution in [0.4, 0.5) is 28.9 Å². The second kappa shape index (κ2) is 12.1. The summed E-state index contributed by atoms with van der Waals surface area (Å²) in [6.45, 7) is 6.23. The molecular weight excluding hydrogens is 524 g/mol. The zero-order valence-electron chi connectivity index (χ0n) is 20.3. The lowest BCUT2D eigenvalue weighted by Gasteiger charge is -2.20. The van der Waals surface area contributed by atoms with Crippen LogP contribution in [0.5, 0.6) is 11.5 Å². The molecule has 2 aromatic carbocycles. The van der Waals surface area contributed by atoms with Crippen LogP contribution in [0.25, 0.3) is 0 Å². The van der Waals surface area contributed by atoms with Gasteiger partial charge in [-0.2, -0.15) is 0 Å². The largest absolute Gasteiger partial charge is 0.573 e. The molecule has 0 aliphatic carbocycles. The number of amides is 1. The van der Waals surface area contributed by atoms with Crippen molar-refractivity contribution in [2.45, 2.75) is 39.0 Å². The summed E-state index contributed by atoms with van der Waals surface area (Å²) in [6.07, 6.45) is -5.19. The number of alkyl halides is 3. The fraction of sp³-hybridized carbons (Fsp3) is 0.391. The molecule has 0 radical (unpaired) electrons. The molecule has 1 atom stereocenters. The summed E-state index contributed by atoms with van der Waals surface area (Å²) in [6, 6.07) is 5.73. The minimum absolute atomic E-state index is 0.0428. The van der Waals surface area contributed by atoms with Gasteiger partial charge in [-0.05, 0) is 37.1 Å². The van der Waals surface area contributed by atoms with Crippen molar-refractivity contribution in [2.75, 3.05) is 23.3 Å². The number of carbonyl (C=O) groups is 2. The smallest absolute Gasteiger partial charge is 0.492 e. The first kappa shape index (κ1) is 29.7. The Kier molecular flexibility index (Phi) is 9.73. The quantitative estimate of drug-likeness (QED) is 0.308. The molecule has 0 spiro atoms. The van der Waals surface area contributed by atoms with Crippen molar-refractivity contribution in [1.29, 1.82) is 0 Å². The summed E-state index contributed by atoms with van der Waals surface area (Å²) < 4.78 is 93.1. The molecule has 14 heteroatoms. The summed E-state index contributed by atoms with van der Waals surface area (Å²) in [7, 11) is -4.44. The van der Waals surface area contributed by atoms with Gasteiger partial charge in [0.05, 0.1) is 18.2 Å². The van der Waals surface area contributed by atoms with Gasteiger partial charge >= 0.3 is 12.3 Å². The summed E-state index contributed by atoms with van der Waals surface area (Å²) in [4.78, 5) is 23.4. The molecule has 2 rings (SSSR count). The number of hydrogen-bond donors (Lipinski definition) is 2.